The molecule has 3 heterocycles. The molecule has 2 aromatic carbocycles. The summed E-state index contributed by atoms with van der Waals surface area (Å²) >= 11 is 0. The lowest BCUT2D eigenvalue weighted by Crippen LogP contribution is -2.36. The Balaban J connectivity index is 1.44. The molecule has 8 heteroatoms. The van der Waals surface area contributed by atoms with Crippen LogP contribution in [0, 0.1) is 0 Å². The highest BCUT2D eigenvalue weighted by Gasteiger charge is 2.26. The summed E-state index contributed by atoms with van der Waals surface area (Å²) in [7, 11) is 0. The molecule has 3 aromatic rings. The van der Waals surface area contributed by atoms with Crippen LogP contribution in [0.3, 0.4) is 0 Å². The van der Waals surface area contributed by atoms with Crippen LogP contribution in [-0.4, -0.2) is 55.8 Å². The normalized spacial score (nSPS) is 18.5. The lowest BCUT2D eigenvalue weighted by Gasteiger charge is -2.29. The maximum atomic E-state index is 12.9. The van der Waals surface area contributed by atoms with Gasteiger partial charge in [-0.05, 0) is 42.7 Å². The molecule has 1 unspecified atom stereocenters. The average Bonchev–Trinajstić information content (AvgIpc) is 3.08. The molecule has 5 rings (SSSR count). The van der Waals surface area contributed by atoms with E-state index in [1.807, 2.05) is 16.7 Å². The van der Waals surface area contributed by atoms with Crippen LogP contribution in [0.4, 0.5) is 0 Å². The predicted octanol–water partition coefficient (Wildman–Crippen LogP) is 3.04. The van der Waals surface area contributed by atoms with Gasteiger partial charge in [0.1, 0.15) is 11.6 Å². The summed E-state index contributed by atoms with van der Waals surface area (Å²) < 4.78 is 7.57. The number of carboxylic acid groups (broad SMARTS) is 1. The van der Waals surface area contributed by atoms with Crippen molar-refractivity contribution < 1.29 is 24.5 Å². The van der Waals surface area contributed by atoms with Gasteiger partial charge in [0.2, 0.25) is 5.91 Å². The van der Waals surface area contributed by atoms with E-state index in [2.05, 4.69) is 0 Å². The zero-order chi connectivity index (χ0) is 22.2. The van der Waals surface area contributed by atoms with Crippen LogP contribution < -0.4 is 0 Å². The largest absolute Gasteiger partial charge is 0.507 e. The van der Waals surface area contributed by atoms with Crippen LogP contribution in [-0.2, 0) is 22.6 Å². The van der Waals surface area contributed by atoms with Crippen molar-refractivity contribution in [3.8, 4) is 5.75 Å². The molecule has 0 saturated carbocycles. The van der Waals surface area contributed by atoms with Crippen molar-refractivity contribution in [1.82, 2.24) is 14.5 Å². The Bertz CT molecular complexity index is 1240. The summed E-state index contributed by atoms with van der Waals surface area (Å²) in [5.41, 5.74) is 3.11. The number of nitrogens with zero attached hydrogens (tertiary/aromatic N) is 3. The summed E-state index contributed by atoms with van der Waals surface area (Å²) in [6.45, 7) is 2.10. The van der Waals surface area contributed by atoms with Gasteiger partial charge >= 0.3 is 5.97 Å². The number of phenolic OH excluding ortho intramolecular Hbond substituents is 1. The van der Waals surface area contributed by atoms with Gasteiger partial charge in [-0.25, -0.2) is 9.78 Å². The van der Waals surface area contributed by atoms with E-state index >= 15 is 0 Å². The van der Waals surface area contributed by atoms with E-state index in [0.717, 1.165) is 24.1 Å². The average molecular weight is 433 g/mol. The number of aromatic carboxylic acids is 1. The lowest BCUT2D eigenvalue weighted by molar-refractivity contribution is -0.127. The summed E-state index contributed by atoms with van der Waals surface area (Å²) in [6, 6.07) is 11.9. The molecule has 1 saturated heterocycles. The molecule has 1 aromatic heterocycles. The fourth-order valence-electron chi connectivity index (χ4n) is 4.23. The van der Waals surface area contributed by atoms with Crippen molar-refractivity contribution in [2.75, 3.05) is 13.2 Å². The highest BCUT2D eigenvalue weighted by atomic mass is 16.5. The third-order valence-corrected chi connectivity index (χ3v) is 6.10. The number of hydrogen-bond donors (Lipinski definition) is 2. The van der Waals surface area contributed by atoms with E-state index in [9.17, 15) is 19.8 Å². The van der Waals surface area contributed by atoms with E-state index in [4.69, 9.17) is 9.72 Å². The van der Waals surface area contributed by atoms with Gasteiger partial charge in [0.25, 0.3) is 0 Å². The molecule has 0 radical (unpaired) electrons. The van der Waals surface area contributed by atoms with E-state index < -0.39 is 5.97 Å². The fourth-order valence-corrected chi connectivity index (χ4v) is 4.23. The summed E-state index contributed by atoms with van der Waals surface area (Å²) in [5.74, 6) is -0.268. The third-order valence-electron chi connectivity index (χ3n) is 6.10. The van der Waals surface area contributed by atoms with E-state index in [1.165, 1.54) is 0 Å². The number of hydrogen-bond acceptors (Lipinski definition) is 5. The first-order valence-electron chi connectivity index (χ1n) is 10.6. The highest BCUT2D eigenvalue weighted by Crippen LogP contribution is 2.30. The zero-order valence-electron chi connectivity index (χ0n) is 17.4. The van der Waals surface area contributed by atoms with Crippen molar-refractivity contribution in [3.05, 3.63) is 65.5 Å². The zero-order valence-corrected chi connectivity index (χ0v) is 17.4. The van der Waals surface area contributed by atoms with Crippen LogP contribution in [0.15, 0.2) is 48.5 Å². The van der Waals surface area contributed by atoms with Crippen molar-refractivity contribution in [2.45, 2.75) is 32.0 Å². The number of aromatic nitrogens is 2. The number of amides is 1. The van der Waals surface area contributed by atoms with Gasteiger partial charge in [0, 0.05) is 24.8 Å². The first-order chi connectivity index (χ1) is 15.5. The maximum Gasteiger partial charge on any atom is 0.335 e. The minimum atomic E-state index is -0.992. The van der Waals surface area contributed by atoms with Crippen LogP contribution in [0.1, 0.15) is 34.6 Å². The maximum absolute atomic E-state index is 12.9. The summed E-state index contributed by atoms with van der Waals surface area (Å²) in [6.07, 6.45) is 3.19. The van der Waals surface area contributed by atoms with Crippen molar-refractivity contribution in [3.63, 3.8) is 0 Å². The lowest BCUT2D eigenvalue weighted by atomic mass is 9.98. The number of para-hydroxylation sites is 1. The molecular formula is C24H23N3O5. The van der Waals surface area contributed by atoms with Gasteiger partial charge in [-0.2, -0.15) is 0 Å². The van der Waals surface area contributed by atoms with Gasteiger partial charge < -0.3 is 24.4 Å². The second-order valence-corrected chi connectivity index (χ2v) is 8.13. The van der Waals surface area contributed by atoms with Gasteiger partial charge in [-0.15, -0.1) is 0 Å². The van der Waals surface area contributed by atoms with Crippen molar-refractivity contribution >= 4 is 28.5 Å². The molecule has 2 aliphatic heterocycles. The highest BCUT2D eigenvalue weighted by molar-refractivity contribution is 5.97. The van der Waals surface area contributed by atoms with Gasteiger partial charge in [-0.1, -0.05) is 18.2 Å². The van der Waals surface area contributed by atoms with E-state index in [0.29, 0.717) is 43.0 Å². The third kappa shape index (κ3) is 3.73. The SMILES string of the molecule is O=C(O)c1ccc2nc(CN3CCC(c4ccccc4O)=CC3=O)n(CC3CCO3)c2c1. The van der Waals surface area contributed by atoms with Crippen LogP contribution in [0.2, 0.25) is 0 Å². The summed E-state index contributed by atoms with van der Waals surface area (Å²) in [5, 5.41) is 19.5. The molecule has 32 heavy (non-hydrogen) atoms. The number of ether oxygens (including phenoxy) is 1. The molecule has 164 valence electrons. The number of carbonyl (C=O) groups is 2. The Morgan fingerprint density at radius 2 is 2.03 bits per heavy atom. The molecule has 1 amide bonds. The van der Waals surface area contributed by atoms with Crippen molar-refractivity contribution in [1.29, 1.82) is 0 Å². The Morgan fingerprint density at radius 1 is 1.22 bits per heavy atom. The number of carbonyl (C=O) groups excluding carboxylic acids is 1. The monoisotopic (exact) mass is 433 g/mol. The second kappa shape index (κ2) is 8.12. The van der Waals surface area contributed by atoms with E-state index in [-0.39, 0.29) is 23.3 Å². The number of imidazole rings is 1. The molecule has 2 N–H and O–H groups in total. The Kier molecular flexibility index (Phi) is 5.14. The molecule has 1 atom stereocenters. The van der Waals surface area contributed by atoms with Gasteiger partial charge in [-0.3, -0.25) is 4.79 Å². The van der Waals surface area contributed by atoms with Crippen molar-refractivity contribution in [2.24, 2.45) is 0 Å². The van der Waals surface area contributed by atoms with Gasteiger partial charge in [0.15, 0.2) is 0 Å². The summed E-state index contributed by atoms with van der Waals surface area (Å²) in [4.78, 5) is 30.8. The molecule has 0 bridgehead atoms. The number of fused-ring (bicyclic) bond motifs is 1. The Hall–Kier alpha value is -3.65. The fraction of sp³-hybridized carbons (Fsp3) is 0.292. The Morgan fingerprint density at radius 3 is 2.72 bits per heavy atom. The molecule has 1 fully saturated rings. The number of phenols is 1. The number of rotatable bonds is 6. The van der Waals surface area contributed by atoms with Crippen LogP contribution in [0.25, 0.3) is 16.6 Å². The first kappa shape index (κ1) is 20.3. The topological polar surface area (TPSA) is 105 Å². The number of benzene rings is 2. The molecule has 0 aliphatic carbocycles. The number of carboxylic acids is 1. The van der Waals surface area contributed by atoms with Crippen LogP contribution in [0.5, 0.6) is 5.75 Å². The standard InChI is InChI=1S/C24H23N3O5/c28-21-4-2-1-3-18(21)15-7-9-26(23(29)12-15)14-22-25-19-6-5-16(24(30)31)11-20(19)27(22)13-17-8-10-32-17/h1-6,11-12,17,28H,7-10,13-14H2,(H,30,31). The van der Waals surface area contributed by atoms with E-state index in [1.54, 1.807) is 41.3 Å². The minimum Gasteiger partial charge on any atom is -0.507 e. The predicted molar refractivity (Wildman–Crippen MR) is 117 cm³/mol. The molecule has 2 aliphatic rings. The smallest absolute Gasteiger partial charge is 0.335 e. The quantitative estimate of drug-likeness (QED) is 0.619. The Labute approximate surface area is 184 Å². The second-order valence-electron chi connectivity index (χ2n) is 8.13. The number of aromatic hydroxyl groups is 1. The molecule has 8 nitrogen and oxygen atoms in total. The van der Waals surface area contributed by atoms with Gasteiger partial charge in [0.05, 0.1) is 35.8 Å². The first-order valence-corrected chi connectivity index (χ1v) is 10.6. The minimum absolute atomic E-state index is 0.0595. The van der Waals surface area contributed by atoms with Crippen LogP contribution >= 0.6 is 0 Å². The molecule has 0 spiro atoms. The molecular weight excluding hydrogens is 410 g/mol.